The number of hydrogen-bond donors (Lipinski definition) is 1. The third-order valence-corrected chi connectivity index (χ3v) is 2.55. The second-order valence-corrected chi connectivity index (χ2v) is 3.98. The predicted octanol–water partition coefficient (Wildman–Crippen LogP) is -0.940. The van der Waals surface area contributed by atoms with Gasteiger partial charge in [0.15, 0.2) is 5.65 Å². The van der Waals surface area contributed by atoms with Crippen molar-refractivity contribution in [2.24, 2.45) is 0 Å². The molecule has 0 unspecified atom stereocenters. The normalized spacial score (nSPS) is 11.3. The van der Waals surface area contributed by atoms with E-state index in [-0.39, 0.29) is 13.2 Å². The van der Waals surface area contributed by atoms with Crippen LogP contribution >= 0.6 is 0 Å². The zero-order chi connectivity index (χ0) is 13.1. The van der Waals surface area contributed by atoms with Crippen LogP contribution in [0.15, 0.2) is 29.2 Å². The van der Waals surface area contributed by atoms with Crippen molar-refractivity contribution in [2.75, 3.05) is 26.7 Å². The number of aromatic nitrogens is 3. The second-order valence-electron chi connectivity index (χ2n) is 3.98. The van der Waals surface area contributed by atoms with Gasteiger partial charge in [-0.1, -0.05) is 6.07 Å². The summed E-state index contributed by atoms with van der Waals surface area (Å²) in [6.07, 6.45) is 1.56. The lowest BCUT2D eigenvalue weighted by molar-refractivity contribution is 0.0833. The first kappa shape index (κ1) is 12.5. The van der Waals surface area contributed by atoms with Crippen LogP contribution in [0.2, 0.25) is 0 Å². The number of aliphatic hydroxyl groups is 1. The monoisotopic (exact) mass is 250 g/mol. The molecule has 96 valence electrons. The van der Waals surface area contributed by atoms with Gasteiger partial charge in [0.1, 0.15) is 0 Å². The quantitative estimate of drug-likeness (QED) is 0.757. The Labute approximate surface area is 103 Å². The molecule has 0 spiro atoms. The minimum atomic E-state index is -0.479. The van der Waals surface area contributed by atoms with Crippen molar-refractivity contribution >= 4 is 11.6 Å². The average Bonchev–Trinajstić information content (AvgIpc) is 2.68. The van der Waals surface area contributed by atoms with Crippen LogP contribution in [0.25, 0.3) is 5.65 Å². The van der Waals surface area contributed by atoms with Gasteiger partial charge >= 0.3 is 5.69 Å². The molecule has 0 aliphatic carbocycles. The first-order valence-corrected chi connectivity index (χ1v) is 5.52. The van der Waals surface area contributed by atoms with Crippen LogP contribution in [-0.2, 0) is 0 Å². The number of aliphatic hydroxyl groups excluding tert-OH is 1. The number of likely N-dealkylation sites (N-methyl/N-ethyl adjacent to an activating group) is 1. The van der Waals surface area contributed by atoms with E-state index in [0.717, 1.165) is 4.68 Å². The van der Waals surface area contributed by atoms with E-state index in [9.17, 15) is 9.59 Å². The van der Waals surface area contributed by atoms with Crippen molar-refractivity contribution in [1.29, 1.82) is 0 Å². The standard InChI is InChI=1S/C11H14N4O3/c1-13(6-7-16)8-10(17)15-11(18)14-5-3-2-4-9(14)12-15/h2-5,16H,6-8H2,1H3. The summed E-state index contributed by atoms with van der Waals surface area (Å²) in [5.41, 5.74) is -0.0475. The van der Waals surface area contributed by atoms with Gasteiger partial charge in [0.2, 0.25) is 0 Å². The van der Waals surface area contributed by atoms with Gasteiger partial charge < -0.3 is 5.11 Å². The van der Waals surface area contributed by atoms with Gasteiger partial charge in [0.05, 0.1) is 13.2 Å². The molecule has 2 aromatic heterocycles. The number of carbonyl (C=O) groups excluding carboxylic acids is 1. The fraction of sp³-hybridized carbons (Fsp3) is 0.364. The van der Waals surface area contributed by atoms with Gasteiger partial charge in [0, 0.05) is 12.7 Å². The maximum atomic E-state index is 11.9. The maximum absolute atomic E-state index is 11.9. The topological polar surface area (TPSA) is 79.8 Å². The molecule has 2 aromatic rings. The van der Waals surface area contributed by atoms with E-state index in [1.54, 1.807) is 36.3 Å². The maximum Gasteiger partial charge on any atom is 0.357 e. The van der Waals surface area contributed by atoms with Crippen LogP contribution in [0.1, 0.15) is 4.79 Å². The molecule has 0 saturated carbocycles. The Morgan fingerprint density at radius 1 is 1.50 bits per heavy atom. The van der Waals surface area contributed by atoms with Crippen molar-refractivity contribution in [2.45, 2.75) is 0 Å². The highest BCUT2D eigenvalue weighted by molar-refractivity contribution is 5.80. The fourth-order valence-electron chi connectivity index (χ4n) is 1.63. The molecule has 0 aliphatic heterocycles. The van der Waals surface area contributed by atoms with Crippen molar-refractivity contribution in [3.05, 3.63) is 34.9 Å². The highest BCUT2D eigenvalue weighted by Crippen LogP contribution is 1.95. The number of hydrogen-bond acceptors (Lipinski definition) is 5. The van der Waals surface area contributed by atoms with Gasteiger partial charge in [-0.25, -0.2) is 9.20 Å². The summed E-state index contributed by atoms with van der Waals surface area (Å²) in [5.74, 6) is -0.417. The first-order chi connectivity index (χ1) is 8.63. The number of nitrogens with zero attached hydrogens (tertiary/aromatic N) is 4. The lowest BCUT2D eigenvalue weighted by Crippen LogP contribution is -2.36. The molecule has 0 amide bonds. The predicted molar refractivity (Wildman–Crippen MR) is 64.7 cm³/mol. The van der Waals surface area contributed by atoms with E-state index >= 15 is 0 Å². The van der Waals surface area contributed by atoms with E-state index in [1.807, 2.05) is 0 Å². The van der Waals surface area contributed by atoms with E-state index < -0.39 is 11.6 Å². The molecular formula is C11H14N4O3. The summed E-state index contributed by atoms with van der Waals surface area (Å²) >= 11 is 0. The van der Waals surface area contributed by atoms with E-state index in [2.05, 4.69) is 5.10 Å². The van der Waals surface area contributed by atoms with Crippen molar-refractivity contribution in [3.8, 4) is 0 Å². The summed E-state index contributed by atoms with van der Waals surface area (Å²) < 4.78 is 2.16. The van der Waals surface area contributed by atoms with Crippen LogP contribution in [0.4, 0.5) is 0 Å². The van der Waals surface area contributed by atoms with Gasteiger partial charge in [-0.3, -0.25) is 9.69 Å². The molecule has 0 saturated heterocycles. The average molecular weight is 250 g/mol. The number of rotatable bonds is 4. The summed E-state index contributed by atoms with van der Waals surface area (Å²) in [4.78, 5) is 25.4. The Hall–Kier alpha value is -1.99. The Balaban J connectivity index is 2.28. The smallest absolute Gasteiger partial charge is 0.357 e. The molecular weight excluding hydrogens is 236 g/mol. The summed E-state index contributed by atoms with van der Waals surface area (Å²) in [5, 5.41) is 12.7. The molecule has 2 rings (SSSR count). The third-order valence-electron chi connectivity index (χ3n) is 2.55. The molecule has 0 fully saturated rings. The van der Waals surface area contributed by atoms with Crippen LogP contribution < -0.4 is 5.69 Å². The number of pyridine rings is 1. The SMILES string of the molecule is CN(CCO)CC(=O)n1nc2ccccn2c1=O. The Bertz CT molecular complexity index is 616. The Morgan fingerprint density at radius 2 is 2.28 bits per heavy atom. The summed E-state index contributed by atoms with van der Waals surface area (Å²) in [6.45, 7) is 0.363. The van der Waals surface area contributed by atoms with Gasteiger partial charge in [-0.2, -0.15) is 0 Å². The molecule has 1 N–H and O–H groups in total. The summed E-state index contributed by atoms with van der Waals surface area (Å²) in [7, 11) is 1.69. The molecule has 7 heteroatoms. The van der Waals surface area contributed by atoms with E-state index in [4.69, 9.17) is 5.11 Å². The zero-order valence-electron chi connectivity index (χ0n) is 9.98. The number of fused-ring (bicyclic) bond motifs is 1. The number of carbonyl (C=O) groups is 1. The molecule has 18 heavy (non-hydrogen) atoms. The Kier molecular flexibility index (Phi) is 3.54. The largest absolute Gasteiger partial charge is 0.395 e. The zero-order valence-corrected chi connectivity index (χ0v) is 9.98. The third kappa shape index (κ3) is 2.31. The minimum absolute atomic E-state index is 0.0321. The van der Waals surface area contributed by atoms with E-state index in [0.29, 0.717) is 12.2 Å². The summed E-state index contributed by atoms with van der Waals surface area (Å²) in [6, 6.07) is 5.10. The molecule has 0 aromatic carbocycles. The van der Waals surface area contributed by atoms with Crippen LogP contribution in [0.3, 0.4) is 0 Å². The first-order valence-electron chi connectivity index (χ1n) is 5.52. The van der Waals surface area contributed by atoms with Crippen LogP contribution in [0, 0.1) is 0 Å². The van der Waals surface area contributed by atoms with E-state index in [1.165, 1.54) is 4.40 Å². The molecule has 0 radical (unpaired) electrons. The molecule has 2 heterocycles. The van der Waals surface area contributed by atoms with Crippen molar-refractivity contribution in [3.63, 3.8) is 0 Å². The Morgan fingerprint density at radius 3 is 2.94 bits per heavy atom. The highest BCUT2D eigenvalue weighted by atomic mass is 16.3. The fourth-order valence-corrected chi connectivity index (χ4v) is 1.63. The lowest BCUT2D eigenvalue weighted by Gasteiger charge is -2.12. The second kappa shape index (κ2) is 5.11. The minimum Gasteiger partial charge on any atom is -0.395 e. The van der Waals surface area contributed by atoms with Crippen LogP contribution in [0.5, 0.6) is 0 Å². The molecule has 7 nitrogen and oxygen atoms in total. The van der Waals surface area contributed by atoms with Crippen molar-refractivity contribution < 1.29 is 9.90 Å². The van der Waals surface area contributed by atoms with Gasteiger partial charge in [-0.05, 0) is 19.2 Å². The van der Waals surface area contributed by atoms with Gasteiger partial charge in [-0.15, -0.1) is 9.78 Å². The van der Waals surface area contributed by atoms with Crippen LogP contribution in [-0.4, -0.2) is 56.8 Å². The van der Waals surface area contributed by atoms with Gasteiger partial charge in [0.25, 0.3) is 5.91 Å². The highest BCUT2D eigenvalue weighted by Gasteiger charge is 2.14. The molecule has 0 bridgehead atoms. The molecule has 0 atom stereocenters. The van der Waals surface area contributed by atoms with Crippen molar-refractivity contribution in [1.82, 2.24) is 19.1 Å². The lowest BCUT2D eigenvalue weighted by atomic mass is 10.5. The molecule has 0 aliphatic rings.